The summed E-state index contributed by atoms with van der Waals surface area (Å²) in [7, 11) is 1.51. The molecule has 110 valence electrons. The van der Waals surface area contributed by atoms with Crippen LogP contribution in [0.5, 0.6) is 0 Å². The molecule has 0 aliphatic rings. The summed E-state index contributed by atoms with van der Waals surface area (Å²) in [6.45, 7) is 1.94. The molecule has 0 bridgehead atoms. The van der Waals surface area contributed by atoms with Crippen molar-refractivity contribution in [3.8, 4) is 0 Å². The molecule has 1 aromatic heterocycles. The number of carbonyl (C=O) groups excluding carboxylic acids is 2. The molecule has 0 fully saturated rings. The number of hydrogen-bond donors (Lipinski definition) is 2. The SMILES string of the molecule is CCc1ccc(C(=O)Nc2ccc(Cl)c(C(=O)NC)c2)o1. The number of nitrogens with one attached hydrogen (secondary N) is 2. The van der Waals surface area contributed by atoms with E-state index in [1.165, 1.54) is 13.1 Å². The van der Waals surface area contributed by atoms with Crippen LogP contribution in [0.15, 0.2) is 34.7 Å². The molecule has 6 heteroatoms. The van der Waals surface area contributed by atoms with E-state index in [0.29, 0.717) is 16.3 Å². The first-order valence-corrected chi connectivity index (χ1v) is 6.84. The minimum absolute atomic E-state index is 0.225. The van der Waals surface area contributed by atoms with Crippen LogP contribution in [0.1, 0.15) is 33.6 Å². The molecule has 2 aromatic rings. The average Bonchev–Trinajstić information content (AvgIpc) is 2.97. The maximum Gasteiger partial charge on any atom is 0.291 e. The van der Waals surface area contributed by atoms with Crippen molar-refractivity contribution in [3.63, 3.8) is 0 Å². The summed E-state index contributed by atoms with van der Waals surface area (Å²) in [5.74, 6) is 0.271. The monoisotopic (exact) mass is 306 g/mol. The van der Waals surface area contributed by atoms with Crippen LogP contribution in [-0.2, 0) is 6.42 Å². The zero-order valence-electron chi connectivity index (χ0n) is 11.7. The van der Waals surface area contributed by atoms with Crippen LogP contribution in [0.2, 0.25) is 5.02 Å². The lowest BCUT2D eigenvalue weighted by molar-refractivity contribution is 0.0960. The number of furan rings is 1. The van der Waals surface area contributed by atoms with Crippen molar-refractivity contribution in [2.45, 2.75) is 13.3 Å². The molecule has 0 unspecified atom stereocenters. The summed E-state index contributed by atoms with van der Waals surface area (Å²) in [6.07, 6.45) is 0.717. The van der Waals surface area contributed by atoms with Crippen molar-refractivity contribution < 1.29 is 14.0 Å². The summed E-state index contributed by atoms with van der Waals surface area (Å²) < 4.78 is 5.37. The Morgan fingerprint density at radius 1 is 1.19 bits per heavy atom. The van der Waals surface area contributed by atoms with E-state index in [4.69, 9.17) is 16.0 Å². The number of carbonyl (C=O) groups is 2. The summed E-state index contributed by atoms with van der Waals surface area (Å²) >= 11 is 5.95. The van der Waals surface area contributed by atoms with Gasteiger partial charge in [-0.1, -0.05) is 18.5 Å². The molecule has 5 nitrogen and oxygen atoms in total. The van der Waals surface area contributed by atoms with Gasteiger partial charge in [0.25, 0.3) is 11.8 Å². The van der Waals surface area contributed by atoms with Crippen LogP contribution in [0.3, 0.4) is 0 Å². The van der Waals surface area contributed by atoms with E-state index in [1.807, 2.05) is 6.92 Å². The molecule has 0 radical (unpaired) electrons. The van der Waals surface area contributed by atoms with Gasteiger partial charge in [0.05, 0.1) is 10.6 Å². The zero-order valence-corrected chi connectivity index (χ0v) is 12.5. The summed E-state index contributed by atoms with van der Waals surface area (Å²) in [5.41, 5.74) is 0.767. The van der Waals surface area contributed by atoms with E-state index in [2.05, 4.69) is 10.6 Å². The number of halogens is 1. The maximum atomic E-state index is 12.0. The van der Waals surface area contributed by atoms with Crippen molar-refractivity contribution in [1.29, 1.82) is 0 Å². The maximum absolute atomic E-state index is 12.0. The van der Waals surface area contributed by atoms with Gasteiger partial charge in [0, 0.05) is 19.2 Å². The Balaban J connectivity index is 2.19. The first-order chi connectivity index (χ1) is 10.0. The van der Waals surface area contributed by atoms with Crippen LogP contribution in [0.25, 0.3) is 0 Å². The van der Waals surface area contributed by atoms with Gasteiger partial charge in [-0.2, -0.15) is 0 Å². The predicted molar refractivity (Wildman–Crippen MR) is 80.9 cm³/mol. The third-order valence-corrected chi connectivity index (χ3v) is 3.26. The Labute approximate surface area is 127 Å². The number of amides is 2. The number of hydrogen-bond acceptors (Lipinski definition) is 3. The lowest BCUT2D eigenvalue weighted by atomic mass is 10.2. The van der Waals surface area contributed by atoms with Crippen molar-refractivity contribution in [3.05, 3.63) is 52.4 Å². The minimum atomic E-state index is -0.375. The first kappa shape index (κ1) is 15.1. The minimum Gasteiger partial charge on any atom is -0.456 e. The van der Waals surface area contributed by atoms with Gasteiger partial charge >= 0.3 is 0 Å². The second-order valence-electron chi connectivity index (χ2n) is 4.35. The van der Waals surface area contributed by atoms with E-state index in [-0.39, 0.29) is 17.6 Å². The fraction of sp³-hybridized carbons (Fsp3) is 0.200. The van der Waals surface area contributed by atoms with Gasteiger partial charge in [-0.05, 0) is 30.3 Å². The molecule has 2 N–H and O–H groups in total. The van der Waals surface area contributed by atoms with Gasteiger partial charge in [-0.25, -0.2) is 0 Å². The van der Waals surface area contributed by atoms with Crippen molar-refractivity contribution in [2.75, 3.05) is 12.4 Å². The predicted octanol–water partition coefficient (Wildman–Crippen LogP) is 3.11. The number of anilines is 1. The van der Waals surface area contributed by atoms with Crippen LogP contribution in [0.4, 0.5) is 5.69 Å². The molecule has 0 aliphatic heterocycles. The lowest BCUT2D eigenvalue weighted by Gasteiger charge is -2.07. The second-order valence-corrected chi connectivity index (χ2v) is 4.75. The molecule has 0 aliphatic carbocycles. The topological polar surface area (TPSA) is 71.3 Å². The highest BCUT2D eigenvalue weighted by Gasteiger charge is 2.14. The highest BCUT2D eigenvalue weighted by molar-refractivity contribution is 6.34. The summed E-state index contributed by atoms with van der Waals surface area (Å²) in [6, 6.07) is 8.07. The Bertz CT molecular complexity index is 679. The fourth-order valence-corrected chi connectivity index (χ4v) is 2.00. The molecule has 1 aromatic carbocycles. The van der Waals surface area contributed by atoms with E-state index in [1.54, 1.807) is 24.3 Å². The molecular weight excluding hydrogens is 292 g/mol. The van der Waals surface area contributed by atoms with Crippen molar-refractivity contribution in [1.82, 2.24) is 5.32 Å². The standard InChI is InChI=1S/C15H15ClN2O3/c1-3-10-5-7-13(21-10)15(20)18-9-4-6-12(16)11(8-9)14(19)17-2/h4-8H,3H2,1-2H3,(H,17,19)(H,18,20). The smallest absolute Gasteiger partial charge is 0.291 e. The Morgan fingerprint density at radius 3 is 2.57 bits per heavy atom. The van der Waals surface area contributed by atoms with Crippen molar-refractivity contribution in [2.24, 2.45) is 0 Å². The van der Waals surface area contributed by atoms with Gasteiger partial charge in [0.2, 0.25) is 0 Å². The van der Waals surface area contributed by atoms with Gasteiger partial charge < -0.3 is 15.1 Å². The highest BCUT2D eigenvalue weighted by atomic mass is 35.5. The van der Waals surface area contributed by atoms with E-state index in [0.717, 1.165) is 12.2 Å². The van der Waals surface area contributed by atoms with Crippen LogP contribution < -0.4 is 10.6 Å². The molecule has 0 saturated carbocycles. The highest BCUT2D eigenvalue weighted by Crippen LogP contribution is 2.21. The first-order valence-electron chi connectivity index (χ1n) is 6.46. The quantitative estimate of drug-likeness (QED) is 0.911. The second kappa shape index (κ2) is 6.45. The molecule has 2 rings (SSSR count). The zero-order chi connectivity index (χ0) is 15.4. The van der Waals surface area contributed by atoms with Gasteiger partial charge in [0.1, 0.15) is 5.76 Å². The number of aryl methyl sites for hydroxylation is 1. The van der Waals surface area contributed by atoms with Gasteiger partial charge in [0.15, 0.2) is 5.76 Å². The normalized spacial score (nSPS) is 10.2. The Hall–Kier alpha value is -2.27. The van der Waals surface area contributed by atoms with Gasteiger partial charge in [-0.15, -0.1) is 0 Å². The van der Waals surface area contributed by atoms with Crippen molar-refractivity contribution >= 4 is 29.1 Å². The largest absolute Gasteiger partial charge is 0.456 e. The summed E-state index contributed by atoms with van der Waals surface area (Å²) in [4.78, 5) is 23.7. The molecule has 2 amide bonds. The third-order valence-electron chi connectivity index (χ3n) is 2.93. The fourth-order valence-electron chi connectivity index (χ4n) is 1.79. The number of benzene rings is 1. The number of rotatable bonds is 4. The van der Waals surface area contributed by atoms with Gasteiger partial charge in [-0.3, -0.25) is 9.59 Å². The molecule has 0 saturated heterocycles. The van der Waals surface area contributed by atoms with Crippen LogP contribution in [-0.4, -0.2) is 18.9 Å². The Morgan fingerprint density at radius 2 is 1.95 bits per heavy atom. The average molecular weight is 307 g/mol. The molecule has 0 spiro atoms. The van der Waals surface area contributed by atoms with E-state index >= 15 is 0 Å². The molecule has 1 heterocycles. The molecular formula is C15H15ClN2O3. The lowest BCUT2D eigenvalue weighted by Crippen LogP contribution is -2.19. The van der Waals surface area contributed by atoms with E-state index in [9.17, 15) is 9.59 Å². The van der Waals surface area contributed by atoms with E-state index < -0.39 is 0 Å². The van der Waals surface area contributed by atoms with Crippen LogP contribution >= 0.6 is 11.6 Å². The third kappa shape index (κ3) is 3.44. The molecule has 21 heavy (non-hydrogen) atoms. The molecule has 0 atom stereocenters. The van der Waals surface area contributed by atoms with Crippen LogP contribution in [0, 0.1) is 0 Å². The Kier molecular flexibility index (Phi) is 4.65. The summed E-state index contributed by atoms with van der Waals surface area (Å²) in [5, 5.41) is 5.48.